The second kappa shape index (κ2) is 11.9. The zero-order valence-electron chi connectivity index (χ0n) is 21.3. The minimum atomic E-state index is -0.790. The maximum Gasteiger partial charge on any atom is 0.337 e. The van der Waals surface area contributed by atoms with Gasteiger partial charge in [-0.1, -0.05) is 17.4 Å². The molecule has 0 saturated heterocycles. The fourth-order valence-electron chi connectivity index (χ4n) is 4.08. The molecule has 0 saturated carbocycles. The molecule has 2 heterocycles. The molecule has 0 fully saturated rings. The molecule has 0 bridgehead atoms. The number of esters is 1. The molecule has 0 spiro atoms. The van der Waals surface area contributed by atoms with Gasteiger partial charge in [0.25, 0.3) is 5.56 Å². The van der Waals surface area contributed by atoms with Gasteiger partial charge in [0.1, 0.15) is 0 Å². The lowest BCUT2D eigenvalue weighted by molar-refractivity contribution is -0.136. The predicted molar refractivity (Wildman–Crippen MR) is 147 cm³/mol. The summed E-state index contributed by atoms with van der Waals surface area (Å²) in [5, 5.41) is 10.3. The van der Waals surface area contributed by atoms with Gasteiger partial charge in [0.2, 0.25) is 0 Å². The smallest absolute Gasteiger partial charge is 0.337 e. The third-order valence-corrected chi connectivity index (χ3v) is 7.26. The van der Waals surface area contributed by atoms with E-state index in [1.54, 1.807) is 36.4 Å². The van der Waals surface area contributed by atoms with Gasteiger partial charge < -0.3 is 24.1 Å². The zero-order chi connectivity index (χ0) is 27.4. The lowest BCUT2D eigenvalue weighted by Gasteiger charge is -2.23. The average molecular weight is 603 g/mol. The monoisotopic (exact) mass is 602 g/mol. The number of phenolic OH excluding ortho intramolecular Hbond substituents is 1. The number of benzene rings is 2. The number of thiazole rings is 1. The van der Waals surface area contributed by atoms with E-state index in [1.165, 1.54) is 29.2 Å². The Balaban J connectivity index is 1.90. The van der Waals surface area contributed by atoms with Crippen molar-refractivity contribution in [1.29, 1.82) is 0 Å². The molecule has 0 unspecified atom stereocenters. The first kappa shape index (κ1) is 27.5. The van der Waals surface area contributed by atoms with Crippen molar-refractivity contribution in [2.75, 3.05) is 26.9 Å². The lowest BCUT2D eigenvalue weighted by Crippen LogP contribution is -2.39. The Kier molecular flexibility index (Phi) is 8.58. The molecule has 0 aliphatic carbocycles. The zero-order valence-corrected chi connectivity index (χ0v) is 23.7. The van der Waals surface area contributed by atoms with Gasteiger partial charge in [-0.25, -0.2) is 9.79 Å². The highest BCUT2D eigenvalue weighted by Gasteiger charge is 2.31. The first-order chi connectivity index (χ1) is 18.3. The van der Waals surface area contributed by atoms with E-state index in [0.717, 1.165) is 0 Å². The summed E-state index contributed by atoms with van der Waals surface area (Å²) >= 11 is 4.52. The molecule has 9 nitrogen and oxygen atoms in total. The molecule has 200 valence electrons. The van der Waals surface area contributed by atoms with Crippen molar-refractivity contribution in [1.82, 2.24) is 4.57 Å². The standard InChI is InChI=1S/C27H27BrN2O7S/c1-5-35-19-9-8-16(13-20(19)36-6-2)23-17(26(33)34-4)14-29-27-30(23)25(32)22(38-27)12-15-10-18(28)24(31)21(11-15)37-7-3/h8-14,23,31H,5-7H2,1-4H3/b22-12-/t23-/m1/s1. The fourth-order valence-corrected chi connectivity index (χ4v) is 5.51. The fraction of sp³-hybridized carbons (Fsp3) is 0.296. The van der Waals surface area contributed by atoms with Crippen LogP contribution in [0.4, 0.5) is 0 Å². The van der Waals surface area contributed by atoms with Crippen LogP contribution in [0.2, 0.25) is 0 Å². The van der Waals surface area contributed by atoms with Gasteiger partial charge >= 0.3 is 5.97 Å². The van der Waals surface area contributed by atoms with Crippen molar-refractivity contribution in [2.24, 2.45) is 4.99 Å². The minimum absolute atomic E-state index is 0.0196. The van der Waals surface area contributed by atoms with E-state index >= 15 is 0 Å². The number of methoxy groups -OCH3 is 1. The third kappa shape index (κ3) is 5.34. The van der Waals surface area contributed by atoms with Crippen molar-refractivity contribution >= 4 is 39.3 Å². The second-order valence-corrected chi connectivity index (χ2v) is 9.89. The van der Waals surface area contributed by atoms with Crippen LogP contribution in [0.1, 0.15) is 37.9 Å². The van der Waals surface area contributed by atoms with Crippen molar-refractivity contribution in [3.8, 4) is 23.0 Å². The normalized spacial score (nSPS) is 14.8. The highest BCUT2D eigenvalue weighted by molar-refractivity contribution is 9.10. The number of ether oxygens (including phenoxy) is 4. The van der Waals surface area contributed by atoms with E-state index < -0.39 is 12.0 Å². The van der Waals surface area contributed by atoms with Crippen molar-refractivity contribution in [3.05, 3.63) is 77.4 Å². The molecule has 11 heteroatoms. The topological polar surface area (TPSA) is 109 Å². The molecule has 4 rings (SSSR count). The maximum atomic E-state index is 13.8. The predicted octanol–water partition coefficient (Wildman–Crippen LogP) is 3.68. The molecule has 1 N–H and O–H groups in total. The van der Waals surface area contributed by atoms with E-state index in [2.05, 4.69) is 20.9 Å². The minimum Gasteiger partial charge on any atom is -0.503 e. The number of hydrogen-bond donors (Lipinski definition) is 1. The van der Waals surface area contributed by atoms with E-state index in [-0.39, 0.29) is 16.9 Å². The number of rotatable bonds is 9. The number of phenols is 1. The number of hydrogen-bond acceptors (Lipinski definition) is 9. The van der Waals surface area contributed by atoms with Crippen LogP contribution in [-0.2, 0) is 9.53 Å². The Morgan fingerprint density at radius 2 is 1.76 bits per heavy atom. The van der Waals surface area contributed by atoms with Crippen LogP contribution in [0.25, 0.3) is 6.08 Å². The quantitative estimate of drug-likeness (QED) is 0.372. The summed E-state index contributed by atoms with van der Waals surface area (Å²) in [6.45, 7) is 6.80. The number of aromatic hydroxyl groups is 1. The Hall–Kier alpha value is -3.57. The van der Waals surface area contributed by atoms with E-state index in [1.807, 2.05) is 20.8 Å². The van der Waals surface area contributed by atoms with Crippen molar-refractivity contribution in [2.45, 2.75) is 26.8 Å². The number of carbonyl (C=O) groups excluding carboxylic acids is 1. The van der Waals surface area contributed by atoms with Crippen LogP contribution in [0, 0.1) is 0 Å². The summed E-state index contributed by atoms with van der Waals surface area (Å²) < 4.78 is 24.3. The lowest BCUT2D eigenvalue weighted by atomic mass is 9.97. The highest BCUT2D eigenvalue weighted by atomic mass is 79.9. The Bertz CT molecular complexity index is 1580. The number of nitrogens with zero attached hydrogens (tertiary/aromatic N) is 2. The molecule has 1 atom stereocenters. The van der Waals surface area contributed by atoms with E-state index in [9.17, 15) is 14.7 Å². The van der Waals surface area contributed by atoms with Gasteiger partial charge in [0.15, 0.2) is 27.8 Å². The summed E-state index contributed by atoms with van der Waals surface area (Å²) in [5.74, 6) is 0.756. The van der Waals surface area contributed by atoms with Gasteiger partial charge in [-0.15, -0.1) is 0 Å². The van der Waals surface area contributed by atoms with Gasteiger partial charge in [0, 0.05) is 6.20 Å². The maximum absolute atomic E-state index is 13.8. The molecule has 1 aromatic heterocycles. The molecule has 3 aromatic rings. The van der Waals surface area contributed by atoms with Gasteiger partial charge in [-0.3, -0.25) is 9.36 Å². The van der Waals surface area contributed by atoms with Gasteiger partial charge in [0.05, 0.1) is 47.6 Å². The first-order valence-corrected chi connectivity index (χ1v) is 13.6. The molecule has 0 radical (unpaired) electrons. The Labute approximate surface area is 231 Å². The first-order valence-electron chi connectivity index (χ1n) is 12.0. The Morgan fingerprint density at radius 1 is 1.08 bits per heavy atom. The summed E-state index contributed by atoms with van der Waals surface area (Å²) in [4.78, 5) is 31.3. The van der Waals surface area contributed by atoms with E-state index in [4.69, 9.17) is 18.9 Å². The molecule has 1 aliphatic heterocycles. The SMILES string of the molecule is CCOc1ccc([C@@H]2C(C(=O)OC)=CN=c3s/c(=C\c4cc(Br)c(O)c(OCC)c4)c(=O)n32)cc1OCC. The van der Waals surface area contributed by atoms with Crippen molar-refractivity contribution < 1.29 is 28.8 Å². The second-order valence-electron chi connectivity index (χ2n) is 8.03. The summed E-state index contributed by atoms with van der Waals surface area (Å²) in [5.41, 5.74) is 1.17. The van der Waals surface area contributed by atoms with Crippen LogP contribution in [-0.4, -0.2) is 42.6 Å². The molecule has 38 heavy (non-hydrogen) atoms. The number of carbonyl (C=O) groups is 1. The van der Waals surface area contributed by atoms with Crippen LogP contribution < -0.4 is 29.1 Å². The third-order valence-electron chi connectivity index (χ3n) is 5.66. The Morgan fingerprint density at radius 3 is 2.45 bits per heavy atom. The van der Waals surface area contributed by atoms with Crippen LogP contribution >= 0.6 is 27.3 Å². The summed E-state index contributed by atoms with van der Waals surface area (Å²) in [6.07, 6.45) is 3.13. The summed E-state index contributed by atoms with van der Waals surface area (Å²) in [7, 11) is 1.29. The number of aromatic nitrogens is 1. The van der Waals surface area contributed by atoms with E-state index in [0.29, 0.717) is 62.0 Å². The molecule has 1 aliphatic rings. The van der Waals surface area contributed by atoms with Crippen LogP contribution in [0.5, 0.6) is 23.0 Å². The molecular weight excluding hydrogens is 576 g/mol. The number of halogens is 1. The molecule has 2 aromatic carbocycles. The molecule has 0 amide bonds. The largest absolute Gasteiger partial charge is 0.503 e. The molecular formula is C27H27BrN2O7S. The summed E-state index contributed by atoms with van der Waals surface area (Å²) in [6, 6.07) is 7.88. The number of fused-ring (bicyclic) bond motifs is 1. The van der Waals surface area contributed by atoms with Gasteiger partial charge in [-0.05, 0) is 78.2 Å². The van der Waals surface area contributed by atoms with Crippen LogP contribution in [0.3, 0.4) is 0 Å². The van der Waals surface area contributed by atoms with Crippen LogP contribution in [0.15, 0.2) is 56.4 Å². The average Bonchev–Trinajstić information content (AvgIpc) is 3.22. The van der Waals surface area contributed by atoms with Gasteiger partial charge in [-0.2, -0.15) is 0 Å². The van der Waals surface area contributed by atoms with Crippen molar-refractivity contribution in [3.63, 3.8) is 0 Å². The highest BCUT2D eigenvalue weighted by Crippen LogP contribution is 2.36.